The summed E-state index contributed by atoms with van der Waals surface area (Å²) >= 11 is 0. The molecule has 0 atom stereocenters. The number of amides is 1. The second kappa shape index (κ2) is 8.17. The normalized spacial score (nSPS) is 17.5. The van der Waals surface area contributed by atoms with E-state index in [0.29, 0.717) is 24.5 Å². The monoisotopic (exact) mass is 378 g/mol. The third-order valence-electron chi connectivity index (χ3n) is 5.36. The smallest absolute Gasteiger partial charge is 0.260 e. The van der Waals surface area contributed by atoms with Gasteiger partial charge in [0.15, 0.2) is 0 Å². The number of rotatable bonds is 7. The minimum atomic E-state index is -0.104. The van der Waals surface area contributed by atoms with E-state index in [2.05, 4.69) is 35.3 Å². The molecule has 1 amide bonds. The number of aliphatic hydroxyl groups excluding tert-OH is 1. The van der Waals surface area contributed by atoms with Crippen LogP contribution in [0.2, 0.25) is 0 Å². The molecule has 0 spiro atoms. The first-order chi connectivity index (χ1) is 13.7. The predicted octanol–water partition coefficient (Wildman–Crippen LogP) is 3.28. The molecule has 2 N–H and O–H groups in total. The molecule has 5 nitrogen and oxygen atoms in total. The zero-order valence-electron chi connectivity index (χ0n) is 16.2. The van der Waals surface area contributed by atoms with Crippen molar-refractivity contribution >= 4 is 22.9 Å². The van der Waals surface area contributed by atoms with Gasteiger partial charge in [0.25, 0.3) is 5.91 Å². The Morgan fingerprint density at radius 2 is 1.96 bits per heavy atom. The molecule has 2 aliphatic heterocycles. The molecule has 4 rings (SSSR count). The Balaban J connectivity index is 1.57. The molecule has 28 heavy (non-hydrogen) atoms. The number of fused-ring (bicyclic) bond motifs is 2. The van der Waals surface area contributed by atoms with Crippen LogP contribution in [-0.4, -0.2) is 42.2 Å². The molecular weight excluding hydrogens is 352 g/mol. The van der Waals surface area contributed by atoms with Crippen molar-refractivity contribution in [2.75, 3.05) is 31.6 Å². The molecule has 0 radical (unpaired) electrons. The van der Waals surface area contributed by atoms with Gasteiger partial charge in [-0.05, 0) is 31.0 Å². The molecular formula is C23H26N2O3. The Hall–Kier alpha value is -2.63. The van der Waals surface area contributed by atoms with Crippen LogP contribution in [0.5, 0.6) is 0 Å². The van der Waals surface area contributed by atoms with Crippen LogP contribution >= 0.6 is 0 Å². The first-order valence-electron chi connectivity index (χ1n) is 9.94. The number of benzene rings is 2. The summed E-state index contributed by atoms with van der Waals surface area (Å²) in [5, 5.41) is 12.1. The fraction of sp³-hybridized carbons (Fsp3) is 0.348. The summed E-state index contributed by atoms with van der Waals surface area (Å²) in [6.07, 6.45) is 2.01. The van der Waals surface area contributed by atoms with Crippen LogP contribution in [0, 0.1) is 0 Å². The molecule has 0 fully saturated rings. The minimum Gasteiger partial charge on any atom is -0.487 e. The highest BCUT2D eigenvalue weighted by Crippen LogP contribution is 2.41. The third-order valence-corrected chi connectivity index (χ3v) is 5.36. The van der Waals surface area contributed by atoms with E-state index in [-0.39, 0.29) is 12.5 Å². The van der Waals surface area contributed by atoms with Gasteiger partial charge in [0, 0.05) is 35.5 Å². The Labute approximate surface area is 165 Å². The van der Waals surface area contributed by atoms with Crippen LogP contribution in [0.3, 0.4) is 0 Å². The van der Waals surface area contributed by atoms with Gasteiger partial charge in [0.05, 0.1) is 12.2 Å². The lowest BCUT2D eigenvalue weighted by Crippen LogP contribution is -2.29. The van der Waals surface area contributed by atoms with Gasteiger partial charge in [-0.2, -0.15) is 0 Å². The molecule has 2 aromatic rings. The van der Waals surface area contributed by atoms with Crippen molar-refractivity contribution in [1.82, 2.24) is 4.90 Å². The fourth-order valence-electron chi connectivity index (χ4n) is 4.00. The molecule has 2 aliphatic rings. The maximum absolute atomic E-state index is 12.5. The quantitative estimate of drug-likeness (QED) is 0.726. The summed E-state index contributed by atoms with van der Waals surface area (Å²) < 4.78 is 5.97. The number of anilines is 1. The summed E-state index contributed by atoms with van der Waals surface area (Å²) in [6, 6.07) is 14.1. The second-order valence-electron chi connectivity index (χ2n) is 7.30. The molecule has 0 aromatic heterocycles. The van der Waals surface area contributed by atoms with Crippen molar-refractivity contribution in [2.24, 2.45) is 0 Å². The number of ether oxygens (including phenoxy) is 1. The van der Waals surface area contributed by atoms with Gasteiger partial charge in [-0.1, -0.05) is 43.3 Å². The lowest BCUT2D eigenvalue weighted by atomic mass is 9.98. The maximum atomic E-state index is 12.5. The first-order valence-corrected chi connectivity index (χ1v) is 9.94. The number of hydrogen-bond donors (Lipinski definition) is 2. The molecule has 0 saturated heterocycles. The van der Waals surface area contributed by atoms with Gasteiger partial charge in [-0.25, -0.2) is 0 Å². The number of aliphatic hydroxyl groups is 1. The third kappa shape index (κ3) is 3.55. The highest BCUT2D eigenvalue weighted by molar-refractivity contribution is 6.36. The molecule has 0 unspecified atom stereocenters. The summed E-state index contributed by atoms with van der Waals surface area (Å²) in [4.78, 5) is 14.8. The molecule has 5 heteroatoms. The number of carbonyl (C=O) groups is 1. The Morgan fingerprint density at radius 3 is 2.79 bits per heavy atom. The van der Waals surface area contributed by atoms with E-state index in [9.17, 15) is 9.90 Å². The Morgan fingerprint density at radius 1 is 1.11 bits per heavy atom. The predicted molar refractivity (Wildman–Crippen MR) is 111 cm³/mol. The van der Waals surface area contributed by atoms with Gasteiger partial charge < -0.3 is 20.1 Å². The molecule has 2 heterocycles. The van der Waals surface area contributed by atoms with E-state index >= 15 is 0 Å². The zero-order valence-corrected chi connectivity index (χ0v) is 16.2. The Bertz CT molecular complexity index is 914. The number of nitrogens with one attached hydrogen (secondary N) is 1. The van der Waals surface area contributed by atoms with Crippen molar-refractivity contribution in [3.63, 3.8) is 0 Å². The van der Waals surface area contributed by atoms with Crippen LogP contribution in [-0.2, 0) is 22.6 Å². The summed E-state index contributed by atoms with van der Waals surface area (Å²) in [5.41, 5.74) is 5.75. The van der Waals surface area contributed by atoms with E-state index in [1.807, 2.05) is 24.3 Å². The van der Waals surface area contributed by atoms with Crippen molar-refractivity contribution in [3.05, 3.63) is 64.7 Å². The SMILES string of the molecule is CCCN(CCO)CCc1ccc2c(c1)CO/C2=C1/C(=O)Nc2ccccc21. The zero-order chi connectivity index (χ0) is 19.5. The van der Waals surface area contributed by atoms with Crippen LogP contribution in [0.15, 0.2) is 42.5 Å². The molecule has 2 aromatic carbocycles. The van der Waals surface area contributed by atoms with Gasteiger partial charge in [0.1, 0.15) is 12.4 Å². The summed E-state index contributed by atoms with van der Waals surface area (Å²) in [5.74, 6) is 0.573. The highest BCUT2D eigenvalue weighted by atomic mass is 16.5. The van der Waals surface area contributed by atoms with Crippen molar-refractivity contribution in [3.8, 4) is 0 Å². The van der Waals surface area contributed by atoms with Crippen LogP contribution in [0.25, 0.3) is 11.3 Å². The number of para-hydroxylation sites is 1. The number of carbonyl (C=O) groups excluding carboxylic acids is 1. The fourth-order valence-corrected chi connectivity index (χ4v) is 4.00. The van der Waals surface area contributed by atoms with Gasteiger partial charge >= 0.3 is 0 Å². The largest absolute Gasteiger partial charge is 0.487 e. The summed E-state index contributed by atoms with van der Waals surface area (Å²) in [6.45, 7) is 5.48. The van der Waals surface area contributed by atoms with Gasteiger partial charge in [0.2, 0.25) is 0 Å². The average Bonchev–Trinajstić information content (AvgIpc) is 3.25. The lowest BCUT2D eigenvalue weighted by Gasteiger charge is -2.20. The van der Waals surface area contributed by atoms with E-state index in [4.69, 9.17) is 4.74 Å². The van der Waals surface area contributed by atoms with E-state index in [1.165, 1.54) is 5.56 Å². The molecule has 146 valence electrons. The average molecular weight is 378 g/mol. The van der Waals surface area contributed by atoms with Crippen LogP contribution in [0.1, 0.15) is 35.6 Å². The van der Waals surface area contributed by atoms with Gasteiger partial charge in [-0.3, -0.25) is 4.79 Å². The van der Waals surface area contributed by atoms with Crippen molar-refractivity contribution in [2.45, 2.75) is 26.4 Å². The van der Waals surface area contributed by atoms with Gasteiger partial charge in [-0.15, -0.1) is 0 Å². The van der Waals surface area contributed by atoms with E-state index in [1.54, 1.807) is 0 Å². The number of hydrogen-bond acceptors (Lipinski definition) is 4. The number of nitrogens with zero attached hydrogens (tertiary/aromatic N) is 1. The Kier molecular flexibility index (Phi) is 5.46. The van der Waals surface area contributed by atoms with Crippen molar-refractivity contribution in [1.29, 1.82) is 0 Å². The topological polar surface area (TPSA) is 61.8 Å². The lowest BCUT2D eigenvalue weighted by molar-refractivity contribution is -0.110. The molecule has 0 saturated carbocycles. The summed E-state index contributed by atoms with van der Waals surface area (Å²) in [7, 11) is 0. The van der Waals surface area contributed by atoms with E-state index < -0.39 is 0 Å². The van der Waals surface area contributed by atoms with Crippen LogP contribution < -0.4 is 5.32 Å². The minimum absolute atomic E-state index is 0.104. The maximum Gasteiger partial charge on any atom is 0.260 e. The highest BCUT2D eigenvalue weighted by Gasteiger charge is 2.32. The van der Waals surface area contributed by atoms with Crippen LogP contribution in [0.4, 0.5) is 5.69 Å². The molecule has 0 aliphatic carbocycles. The first kappa shape index (κ1) is 18.7. The standard InChI is InChI=1S/C23H26N2O3/c1-2-10-25(12-13-26)11-9-16-7-8-18-17(14-16)15-28-22(18)21-19-5-3-4-6-20(19)24-23(21)27/h3-8,14,26H,2,9-13,15H2,1H3,(H,24,27)/b22-21+. The van der Waals surface area contributed by atoms with E-state index in [0.717, 1.165) is 48.3 Å². The molecule has 0 bridgehead atoms. The second-order valence-corrected chi connectivity index (χ2v) is 7.30. The van der Waals surface area contributed by atoms with Crippen molar-refractivity contribution < 1.29 is 14.6 Å².